The van der Waals surface area contributed by atoms with Gasteiger partial charge in [0.25, 0.3) is 5.91 Å². The van der Waals surface area contributed by atoms with Crippen LogP contribution in [-0.4, -0.2) is 37.7 Å². The molecule has 0 saturated carbocycles. The van der Waals surface area contributed by atoms with Crippen molar-refractivity contribution in [1.29, 1.82) is 0 Å². The lowest BCUT2D eigenvalue weighted by molar-refractivity contribution is -0.124. The molecular weight excluding hydrogens is 318 g/mol. The minimum Gasteiger partial charge on any atom is -0.452 e. The summed E-state index contributed by atoms with van der Waals surface area (Å²) < 4.78 is 10.6. The van der Waals surface area contributed by atoms with Crippen molar-refractivity contribution in [2.24, 2.45) is 0 Å². The number of nitrogens with one attached hydrogen (secondary N) is 1. The molecule has 2 aromatic rings. The molecule has 1 saturated heterocycles. The smallest absolute Gasteiger partial charge is 0.339 e. The molecular formula is C20H21NO4. The quantitative estimate of drug-likeness (QED) is 0.822. The Morgan fingerprint density at radius 1 is 1.08 bits per heavy atom. The van der Waals surface area contributed by atoms with E-state index in [1.54, 1.807) is 12.1 Å². The number of benzene rings is 2. The Bertz CT molecular complexity index is 723. The average molecular weight is 339 g/mol. The minimum absolute atomic E-state index is 0.0680. The molecule has 1 N–H and O–H groups in total. The number of carbonyl (C=O) groups is 2. The highest BCUT2D eigenvalue weighted by atomic mass is 16.5. The van der Waals surface area contributed by atoms with Crippen LogP contribution >= 0.6 is 0 Å². The Morgan fingerprint density at radius 3 is 2.60 bits per heavy atom. The van der Waals surface area contributed by atoms with Crippen molar-refractivity contribution < 1.29 is 19.1 Å². The molecule has 1 heterocycles. The Balaban J connectivity index is 1.57. The molecule has 5 nitrogen and oxygen atoms in total. The van der Waals surface area contributed by atoms with Crippen LogP contribution in [0, 0.1) is 0 Å². The summed E-state index contributed by atoms with van der Waals surface area (Å²) in [5.74, 6) is -0.826. The predicted octanol–water partition coefficient (Wildman–Crippen LogP) is 2.81. The second-order valence-corrected chi connectivity index (χ2v) is 5.93. The summed E-state index contributed by atoms with van der Waals surface area (Å²) in [5, 5.41) is 2.74. The van der Waals surface area contributed by atoms with E-state index in [0.29, 0.717) is 12.1 Å². The van der Waals surface area contributed by atoms with Crippen LogP contribution in [0.4, 0.5) is 0 Å². The van der Waals surface area contributed by atoms with E-state index in [9.17, 15) is 9.59 Å². The highest BCUT2D eigenvalue weighted by Crippen LogP contribution is 2.23. The second-order valence-electron chi connectivity index (χ2n) is 5.93. The molecule has 130 valence electrons. The van der Waals surface area contributed by atoms with Crippen molar-refractivity contribution in [1.82, 2.24) is 5.32 Å². The molecule has 0 aromatic heterocycles. The molecule has 2 aromatic carbocycles. The fourth-order valence-electron chi connectivity index (χ4n) is 2.82. The van der Waals surface area contributed by atoms with Crippen LogP contribution in [0.1, 0.15) is 23.2 Å². The fourth-order valence-corrected chi connectivity index (χ4v) is 2.82. The molecule has 0 bridgehead atoms. The van der Waals surface area contributed by atoms with Crippen LogP contribution < -0.4 is 5.32 Å². The van der Waals surface area contributed by atoms with E-state index >= 15 is 0 Å². The van der Waals surface area contributed by atoms with Crippen molar-refractivity contribution in [3.63, 3.8) is 0 Å². The summed E-state index contributed by atoms with van der Waals surface area (Å²) in [4.78, 5) is 24.2. The summed E-state index contributed by atoms with van der Waals surface area (Å²) in [6.07, 6.45) is 2.04. The first-order chi connectivity index (χ1) is 12.2. The zero-order valence-electron chi connectivity index (χ0n) is 13.9. The normalized spacial score (nSPS) is 16.4. The highest BCUT2D eigenvalue weighted by molar-refractivity contribution is 5.98. The summed E-state index contributed by atoms with van der Waals surface area (Å²) in [6, 6.07) is 16.8. The van der Waals surface area contributed by atoms with E-state index in [2.05, 4.69) is 5.32 Å². The summed E-state index contributed by atoms with van der Waals surface area (Å²) in [6.45, 7) is 0.900. The number of amides is 1. The molecule has 25 heavy (non-hydrogen) atoms. The zero-order chi connectivity index (χ0) is 17.5. The molecule has 5 heteroatoms. The van der Waals surface area contributed by atoms with Crippen molar-refractivity contribution in [3.05, 3.63) is 60.2 Å². The maximum atomic E-state index is 12.4. The molecule has 1 aliphatic heterocycles. The standard InChI is InChI=1S/C20H21NO4/c22-19(21-13-16-9-6-12-24-16)14-25-20(23)18-11-5-4-10-17(18)15-7-2-1-3-8-15/h1-5,7-8,10-11,16H,6,9,12-14H2,(H,21,22)/t16-/m0/s1. The van der Waals surface area contributed by atoms with Crippen molar-refractivity contribution in [2.45, 2.75) is 18.9 Å². The van der Waals surface area contributed by atoms with Crippen LogP contribution in [-0.2, 0) is 14.3 Å². The van der Waals surface area contributed by atoms with E-state index < -0.39 is 5.97 Å². The molecule has 0 unspecified atom stereocenters. The van der Waals surface area contributed by atoms with Crippen molar-refractivity contribution in [3.8, 4) is 11.1 Å². The molecule has 3 rings (SSSR count). The first-order valence-corrected chi connectivity index (χ1v) is 8.44. The number of hydrogen-bond donors (Lipinski definition) is 1. The third kappa shape index (κ3) is 4.67. The van der Waals surface area contributed by atoms with Gasteiger partial charge in [0.05, 0.1) is 11.7 Å². The fraction of sp³-hybridized carbons (Fsp3) is 0.300. The zero-order valence-corrected chi connectivity index (χ0v) is 13.9. The van der Waals surface area contributed by atoms with Gasteiger partial charge in [-0.05, 0) is 30.0 Å². The van der Waals surface area contributed by atoms with E-state index in [1.807, 2.05) is 42.5 Å². The third-order valence-corrected chi connectivity index (χ3v) is 4.12. The monoisotopic (exact) mass is 339 g/mol. The lowest BCUT2D eigenvalue weighted by atomic mass is 10.00. The van der Waals surface area contributed by atoms with Gasteiger partial charge >= 0.3 is 5.97 Å². The van der Waals surface area contributed by atoms with E-state index in [4.69, 9.17) is 9.47 Å². The van der Waals surface area contributed by atoms with Gasteiger partial charge in [-0.25, -0.2) is 4.79 Å². The lowest BCUT2D eigenvalue weighted by Gasteiger charge is -2.12. The van der Waals surface area contributed by atoms with Crippen LogP contribution in [0.2, 0.25) is 0 Å². The maximum absolute atomic E-state index is 12.4. The maximum Gasteiger partial charge on any atom is 0.339 e. The number of ether oxygens (including phenoxy) is 2. The Morgan fingerprint density at radius 2 is 1.84 bits per heavy atom. The van der Waals surface area contributed by atoms with E-state index in [-0.39, 0.29) is 18.6 Å². The van der Waals surface area contributed by atoms with Gasteiger partial charge in [0.1, 0.15) is 0 Å². The lowest BCUT2D eigenvalue weighted by Crippen LogP contribution is -2.34. The number of esters is 1. The van der Waals surface area contributed by atoms with E-state index in [1.165, 1.54) is 0 Å². The SMILES string of the molecule is O=C(COC(=O)c1ccccc1-c1ccccc1)NC[C@@H]1CCCO1. The average Bonchev–Trinajstić information content (AvgIpc) is 3.19. The largest absolute Gasteiger partial charge is 0.452 e. The van der Waals surface area contributed by atoms with Gasteiger partial charge in [-0.1, -0.05) is 48.5 Å². The van der Waals surface area contributed by atoms with Gasteiger partial charge in [-0.3, -0.25) is 4.79 Å². The number of rotatable bonds is 6. The molecule has 0 aliphatic carbocycles. The van der Waals surface area contributed by atoms with Gasteiger partial charge in [-0.2, -0.15) is 0 Å². The summed E-state index contributed by atoms with van der Waals surface area (Å²) >= 11 is 0. The third-order valence-electron chi connectivity index (χ3n) is 4.12. The summed E-state index contributed by atoms with van der Waals surface area (Å²) in [5.41, 5.74) is 2.16. The predicted molar refractivity (Wildman–Crippen MR) is 94.1 cm³/mol. The number of carbonyl (C=O) groups excluding carboxylic acids is 2. The van der Waals surface area contributed by atoms with Crippen LogP contribution in [0.5, 0.6) is 0 Å². The van der Waals surface area contributed by atoms with Crippen LogP contribution in [0.3, 0.4) is 0 Å². The van der Waals surface area contributed by atoms with E-state index in [0.717, 1.165) is 30.6 Å². The topological polar surface area (TPSA) is 64.6 Å². The first kappa shape index (κ1) is 17.2. The molecule has 1 aliphatic rings. The van der Waals surface area contributed by atoms with Crippen molar-refractivity contribution in [2.75, 3.05) is 19.8 Å². The van der Waals surface area contributed by atoms with Gasteiger partial charge in [0.15, 0.2) is 6.61 Å². The molecule has 1 fully saturated rings. The Labute approximate surface area is 147 Å². The Hall–Kier alpha value is -2.66. The van der Waals surface area contributed by atoms with Gasteiger partial charge < -0.3 is 14.8 Å². The highest BCUT2D eigenvalue weighted by Gasteiger charge is 2.18. The van der Waals surface area contributed by atoms with Gasteiger partial charge in [0.2, 0.25) is 0 Å². The van der Waals surface area contributed by atoms with Crippen molar-refractivity contribution >= 4 is 11.9 Å². The summed E-state index contributed by atoms with van der Waals surface area (Å²) in [7, 11) is 0. The van der Waals surface area contributed by atoms with Crippen LogP contribution in [0.25, 0.3) is 11.1 Å². The van der Waals surface area contributed by atoms with Crippen LogP contribution in [0.15, 0.2) is 54.6 Å². The molecule has 0 radical (unpaired) electrons. The van der Waals surface area contributed by atoms with Gasteiger partial charge in [-0.15, -0.1) is 0 Å². The molecule has 1 amide bonds. The second kappa shape index (κ2) is 8.44. The first-order valence-electron chi connectivity index (χ1n) is 8.44. The number of hydrogen-bond acceptors (Lipinski definition) is 4. The Kier molecular flexibility index (Phi) is 5.80. The molecule has 1 atom stereocenters. The van der Waals surface area contributed by atoms with Gasteiger partial charge in [0, 0.05) is 13.2 Å². The molecule has 0 spiro atoms. The minimum atomic E-state index is -0.508.